The molecule has 4 rings (SSSR count). The molecule has 1 amide bonds. The molecule has 0 atom stereocenters. The molecule has 1 aromatic carbocycles. The lowest BCUT2D eigenvalue weighted by Gasteiger charge is -2.37. The third-order valence-electron chi connectivity index (χ3n) is 5.60. The summed E-state index contributed by atoms with van der Waals surface area (Å²) in [6.45, 7) is 3.53. The monoisotopic (exact) mass is 400 g/mol. The molecule has 154 valence electrons. The molecule has 0 saturated carbocycles. The van der Waals surface area contributed by atoms with Crippen molar-refractivity contribution in [3.8, 4) is 17.0 Å². The van der Waals surface area contributed by atoms with Crippen LogP contribution in [0.3, 0.4) is 0 Å². The predicted octanol–water partition coefficient (Wildman–Crippen LogP) is 2.37. The number of carbonyl (C=O) groups is 1. The van der Waals surface area contributed by atoms with E-state index in [1.54, 1.807) is 31.4 Å². The van der Waals surface area contributed by atoms with Gasteiger partial charge in [-0.05, 0) is 37.1 Å². The second-order valence-electron chi connectivity index (χ2n) is 7.29. The molecule has 0 spiro atoms. The van der Waals surface area contributed by atoms with E-state index in [0.717, 1.165) is 12.8 Å². The molecule has 1 aromatic heterocycles. The lowest BCUT2D eigenvalue weighted by molar-refractivity contribution is -0.138. The molecule has 29 heavy (non-hydrogen) atoms. The first-order valence-electron chi connectivity index (χ1n) is 9.94. The van der Waals surface area contributed by atoms with Crippen LogP contribution in [0.5, 0.6) is 5.75 Å². The van der Waals surface area contributed by atoms with Crippen molar-refractivity contribution < 1.29 is 18.7 Å². The molecule has 2 aliphatic rings. The van der Waals surface area contributed by atoms with Gasteiger partial charge in [-0.3, -0.25) is 4.79 Å². The molecule has 7 nitrogen and oxygen atoms in total. The Morgan fingerprint density at radius 1 is 1.10 bits per heavy atom. The lowest BCUT2D eigenvalue weighted by atomic mass is 9.98. The van der Waals surface area contributed by atoms with E-state index in [9.17, 15) is 4.79 Å². The number of halogens is 1. The first-order valence-corrected chi connectivity index (χ1v) is 9.94. The number of methoxy groups -OCH3 is 1. The second kappa shape index (κ2) is 8.73. The number of ether oxygens (including phenoxy) is 2. The van der Waals surface area contributed by atoms with Gasteiger partial charge in [-0.15, -0.1) is 0 Å². The van der Waals surface area contributed by atoms with E-state index < -0.39 is 5.82 Å². The normalized spacial score (nSPS) is 18.0. The minimum absolute atomic E-state index is 0.0489. The highest BCUT2D eigenvalue weighted by Crippen LogP contribution is 2.28. The first-order chi connectivity index (χ1) is 14.2. The Balaban J connectivity index is 1.45. The van der Waals surface area contributed by atoms with Gasteiger partial charge in [0.15, 0.2) is 11.6 Å². The number of aromatic nitrogens is 2. The van der Waals surface area contributed by atoms with Crippen LogP contribution in [-0.2, 0) is 9.53 Å². The van der Waals surface area contributed by atoms with E-state index in [2.05, 4.69) is 9.97 Å². The van der Waals surface area contributed by atoms with E-state index in [1.807, 2.05) is 9.80 Å². The van der Waals surface area contributed by atoms with Gasteiger partial charge in [0.2, 0.25) is 5.91 Å². The zero-order chi connectivity index (χ0) is 20.2. The molecule has 0 aliphatic carbocycles. The van der Waals surface area contributed by atoms with Crippen molar-refractivity contribution in [1.82, 2.24) is 14.9 Å². The third kappa shape index (κ3) is 4.17. The molecule has 3 heterocycles. The summed E-state index contributed by atoms with van der Waals surface area (Å²) >= 11 is 0. The predicted molar refractivity (Wildman–Crippen MR) is 106 cm³/mol. The summed E-state index contributed by atoms with van der Waals surface area (Å²) in [5, 5.41) is 0. The van der Waals surface area contributed by atoms with Crippen molar-refractivity contribution >= 4 is 11.7 Å². The molecule has 0 unspecified atom stereocenters. The molecule has 2 saturated heterocycles. The lowest BCUT2D eigenvalue weighted by Crippen LogP contribution is -2.51. The summed E-state index contributed by atoms with van der Waals surface area (Å²) in [5.41, 5.74) is 0.929. The van der Waals surface area contributed by atoms with Gasteiger partial charge >= 0.3 is 0 Å². The minimum atomic E-state index is -0.443. The van der Waals surface area contributed by atoms with Crippen LogP contribution in [0, 0.1) is 11.7 Å². The largest absolute Gasteiger partial charge is 0.497 e. The summed E-state index contributed by atoms with van der Waals surface area (Å²) in [6.07, 6.45) is 2.95. The van der Waals surface area contributed by atoms with E-state index in [1.165, 1.54) is 6.33 Å². The van der Waals surface area contributed by atoms with Gasteiger partial charge in [-0.25, -0.2) is 14.4 Å². The second-order valence-corrected chi connectivity index (χ2v) is 7.29. The van der Waals surface area contributed by atoms with E-state index in [0.29, 0.717) is 50.7 Å². The van der Waals surface area contributed by atoms with Crippen LogP contribution >= 0.6 is 0 Å². The average Bonchev–Trinajstić information content (AvgIpc) is 2.80. The van der Waals surface area contributed by atoms with Crippen molar-refractivity contribution in [2.45, 2.75) is 12.8 Å². The molecule has 0 N–H and O–H groups in total. The minimum Gasteiger partial charge on any atom is -0.497 e. The molecule has 2 aliphatic heterocycles. The third-order valence-corrected chi connectivity index (χ3v) is 5.60. The number of hydrogen-bond acceptors (Lipinski definition) is 6. The van der Waals surface area contributed by atoms with Gasteiger partial charge in [0.05, 0.1) is 7.11 Å². The maximum atomic E-state index is 15.2. The summed E-state index contributed by atoms with van der Waals surface area (Å²) < 4.78 is 25.7. The SMILES string of the molecule is COc1ccc(-c2ncnc(N3CCN(C(=O)C4CCOCC4)CC3)c2F)cc1. The van der Waals surface area contributed by atoms with Crippen molar-refractivity contribution in [2.75, 3.05) is 51.4 Å². The Kier molecular flexibility index (Phi) is 5.89. The van der Waals surface area contributed by atoms with Crippen LogP contribution < -0.4 is 9.64 Å². The number of piperazine rings is 1. The van der Waals surface area contributed by atoms with Crippen molar-refractivity contribution in [3.05, 3.63) is 36.4 Å². The van der Waals surface area contributed by atoms with Crippen LogP contribution in [0.15, 0.2) is 30.6 Å². The van der Waals surface area contributed by atoms with Gasteiger partial charge in [-0.2, -0.15) is 0 Å². The number of benzene rings is 1. The number of nitrogens with zero attached hydrogens (tertiary/aromatic N) is 4. The maximum absolute atomic E-state index is 15.2. The zero-order valence-electron chi connectivity index (χ0n) is 16.5. The highest BCUT2D eigenvalue weighted by atomic mass is 19.1. The quantitative estimate of drug-likeness (QED) is 0.785. The fraction of sp³-hybridized carbons (Fsp3) is 0.476. The molecule has 2 fully saturated rings. The summed E-state index contributed by atoms with van der Waals surface area (Å²) in [5.74, 6) is 0.780. The van der Waals surface area contributed by atoms with Gasteiger partial charge in [0.1, 0.15) is 17.8 Å². The number of carbonyl (C=O) groups excluding carboxylic acids is 1. The maximum Gasteiger partial charge on any atom is 0.225 e. The number of rotatable bonds is 4. The Labute approximate surface area is 169 Å². The van der Waals surface area contributed by atoms with E-state index in [-0.39, 0.29) is 23.3 Å². The highest BCUT2D eigenvalue weighted by Gasteiger charge is 2.30. The Bertz CT molecular complexity index is 848. The molecule has 0 radical (unpaired) electrons. The Hall–Kier alpha value is -2.74. The Morgan fingerprint density at radius 3 is 2.45 bits per heavy atom. The standard InChI is InChI=1S/C21H25FN4O3/c1-28-17-4-2-15(3-5-17)19-18(22)20(24-14-23-19)25-8-10-26(11-9-25)21(27)16-6-12-29-13-7-16/h2-5,14,16H,6-13H2,1H3. The summed E-state index contributed by atoms with van der Waals surface area (Å²) in [7, 11) is 1.59. The average molecular weight is 400 g/mol. The van der Waals surface area contributed by atoms with Crippen LogP contribution in [0.2, 0.25) is 0 Å². The molecule has 0 bridgehead atoms. The molecule has 2 aromatic rings. The van der Waals surface area contributed by atoms with Gasteiger partial charge < -0.3 is 19.3 Å². The zero-order valence-corrected chi connectivity index (χ0v) is 16.5. The fourth-order valence-corrected chi connectivity index (χ4v) is 3.87. The smallest absolute Gasteiger partial charge is 0.225 e. The first kappa shape index (κ1) is 19.6. The van der Waals surface area contributed by atoms with Crippen molar-refractivity contribution in [3.63, 3.8) is 0 Å². The van der Waals surface area contributed by atoms with E-state index in [4.69, 9.17) is 9.47 Å². The van der Waals surface area contributed by atoms with Gasteiger partial charge in [0, 0.05) is 50.9 Å². The number of amides is 1. The number of anilines is 1. The summed E-state index contributed by atoms with van der Waals surface area (Å²) in [6, 6.07) is 7.10. The van der Waals surface area contributed by atoms with Gasteiger partial charge in [0.25, 0.3) is 0 Å². The van der Waals surface area contributed by atoms with E-state index >= 15 is 4.39 Å². The number of hydrogen-bond donors (Lipinski definition) is 0. The molecule has 8 heteroatoms. The Morgan fingerprint density at radius 2 is 1.79 bits per heavy atom. The molecular formula is C21H25FN4O3. The van der Waals surface area contributed by atoms with Crippen LogP contribution in [0.1, 0.15) is 12.8 Å². The van der Waals surface area contributed by atoms with Crippen molar-refractivity contribution in [1.29, 1.82) is 0 Å². The highest BCUT2D eigenvalue weighted by molar-refractivity contribution is 5.79. The fourth-order valence-electron chi connectivity index (χ4n) is 3.87. The van der Waals surface area contributed by atoms with Crippen LogP contribution in [0.4, 0.5) is 10.2 Å². The molecular weight excluding hydrogens is 375 g/mol. The van der Waals surface area contributed by atoms with Crippen molar-refractivity contribution in [2.24, 2.45) is 5.92 Å². The van der Waals surface area contributed by atoms with Crippen LogP contribution in [-0.4, -0.2) is 67.3 Å². The summed E-state index contributed by atoms with van der Waals surface area (Å²) in [4.78, 5) is 24.8. The topological polar surface area (TPSA) is 67.8 Å². The van der Waals surface area contributed by atoms with Crippen LogP contribution in [0.25, 0.3) is 11.3 Å². The van der Waals surface area contributed by atoms with Gasteiger partial charge in [-0.1, -0.05) is 0 Å².